The maximum absolute atomic E-state index is 10.5. The van der Waals surface area contributed by atoms with Crippen molar-refractivity contribution in [2.75, 3.05) is 0 Å². The van der Waals surface area contributed by atoms with Crippen LogP contribution in [-0.4, -0.2) is 15.1 Å². The molecule has 0 fully saturated rings. The van der Waals surface area contributed by atoms with E-state index < -0.39 is 0 Å². The van der Waals surface area contributed by atoms with E-state index in [0.29, 0.717) is 0 Å². The Kier molecular flexibility index (Phi) is 7.48. The molecule has 4 heteroatoms. The first-order chi connectivity index (χ1) is 15.5. The van der Waals surface area contributed by atoms with Crippen molar-refractivity contribution in [1.29, 1.82) is 0 Å². The molecule has 0 aliphatic carbocycles. The number of nitrogens with zero attached hydrogens (tertiary/aromatic N) is 2. The van der Waals surface area contributed by atoms with E-state index in [0.717, 1.165) is 39.3 Å². The molecule has 4 rings (SSSR count). The largest absolute Gasteiger partial charge is 0.507 e. The van der Waals surface area contributed by atoms with Crippen LogP contribution in [-0.2, 0) is 31.9 Å². The van der Waals surface area contributed by atoms with Crippen molar-refractivity contribution < 1.29 is 26.2 Å². The Balaban J connectivity index is 0.00000324. The first-order valence-corrected chi connectivity index (χ1v) is 11.3. The summed E-state index contributed by atoms with van der Waals surface area (Å²) in [5, 5.41) is 10.5. The molecule has 0 atom stereocenters. The van der Waals surface area contributed by atoms with E-state index in [-0.39, 0.29) is 37.6 Å². The Morgan fingerprint density at radius 1 is 0.676 bits per heavy atom. The fourth-order valence-electron chi connectivity index (χ4n) is 3.73. The molecule has 0 saturated carbocycles. The smallest absolute Gasteiger partial charge is 0.124 e. The van der Waals surface area contributed by atoms with E-state index in [2.05, 4.69) is 76.9 Å². The van der Waals surface area contributed by atoms with Gasteiger partial charge in [0.2, 0.25) is 0 Å². The maximum Gasteiger partial charge on any atom is 0.124 e. The van der Waals surface area contributed by atoms with Crippen LogP contribution in [0.1, 0.15) is 52.7 Å². The molecule has 0 radical (unpaired) electrons. The van der Waals surface area contributed by atoms with Gasteiger partial charge in [-0.25, -0.2) is 0 Å². The van der Waals surface area contributed by atoms with Gasteiger partial charge in [-0.15, -0.1) is 23.8 Å². The predicted molar refractivity (Wildman–Crippen MR) is 136 cm³/mol. The van der Waals surface area contributed by atoms with Gasteiger partial charge in [-0.3, -0.25) is 9.97 Å². The second-order valence-corrected chi connectivity index (χ2v) is 10.6. The Morgan fingerprint density at radius 3 is 1.82 bits per heavy atom. The van der Waals surface area contributed by atoms with E-state index in [1.165, 1.54) is 5.56 Å². The third kappa shape index (κ3) is 5.65. The van der Waals surface area contributed by atoms with Crippen LogP contribution in [0.15, 0.2) is 72.9 Å². The quantitative estimate of drug-likeness (QED) is 0.238. The molecule has 0 aliphatic rings. The van der Waals surface area contributed by atoms with Gasteiger partial charge in [-0.1, -0.05) is 83.0 Å². The number of aromatic hydroxyl groups is 1. The Labute approximate surface area is 217 Å². The molecule has 4 aromatic rings. The summed E-state index contributed by atoms with van der Waals surface area (Å²) in [5.74, 6) is 0.226. The van der Waals surface area contributed by atoms with Crippen LogP contribution in [0.2, 0.25) is 0 Å². The molecule has 2 heterocycles. The maximum atomic E-state index is 10.5. The van der Waals surface area contributed by atoms with Crippen molar-refractivity contribution in [2.24, 2.45) is 0 Å². The molecule has 0 saturated heterocycles. The first kappa shape index (κ1) is 25.8. The van der Waals surface area contributed by atoms with Gasteiger partial charge in [0.05, 0.1) is 5.69 Å². The molecule has 1 N–H and O–H groups in total. The number of hydrogen-bond donors (Lipinski definition) is 1. The normalized spacial score (nSPS) is 11.7. The SMILES string of the molecule is CC(C)(C)c1cc(-c2ccccn2)[c-]c(-c2cc(C(C)(C)C)cc(-c3ccccc3O)n2)c1.[Pt]. The average molecular weight is 631 g/mol. The zero-order valence-corrected chi connectivity index (χ0v) is 22.9. The summed E-state index contributed by atoms with van der Waals surface area (Å²) in [6.45, 7) is 13.2. The summed E-state index contributed by atoms with van der Waals surface area (Å²) in [7, 11) is 0. The van der Waals surface area contributed by atoms with Crippen molar-refractivity contribution >= 4 is 0 Å². The summed E-state index contributed by atoms with van der Waals surface area (Å²) in [4.78, 5) is 9.55. The van der Waals surface area contributed by atoms with Crippen molar-refractivity contribution in [2.45, 2.75) is 52.4 Å². The minimum Gasteiger partial charge on any atom is -0.507 e. The summed E-state index contributed by atoms with van der Waals surface area (Å²) in [5.41, 5.74) is 7.30. The number of benzene rings is 2. The van der Waals surface area contributed by atoms with Gasteiger partial charge in [-0.2, -0.15) is 0 Å². The van der Waals surface area contributed by atoms with E-state index in [4.69, 9.17) is 4.98 Å². The molecule has 34 heavy (non-hydrogen) atoms. The topological polar surface area (TPSA) is 46.0 Å². The third-order valence-corrected chi connectivity index (χ3v) is 5.82. The van der Waals surface area contributed by atoms with Crippen molar-refractivity contribution in [3.63, 3.8) is 0 Å². The predicted octanol–water partition coefficient (Wildman–Crippen LogP) is 7.58. The standard InChI is InChI=1S/C30H31N2O.Pt/c1-29(2,3)22-16-20(25-12-9-10-14-31-25)15-21(17-22)26-18-23(30(4,5)6)19-27(32-26)24-11-7-8-13-28(24)33;/h7-14,16-19,33H,1-6H3;/q-1;. The van der Waals surface area contributed by atoms with Gasteiger partial charge >= 0.3 is 0 Å². The molecule has 178 valence electrons. The molecule has 0 unspecified atom stereocenters. The monoisotopic (exact) mass is 630 g/mol. The number of para-hydroxylation sites is 1. The van der Waals surface area contributed by atoms with Gasteiger partial charge in [0.1, 0.15) is 5.75 Å². The van der Waals surface area contributed by atoms with E-state index in [9.17, 15) is 5.11 Å². The fourth-order valence-corrected chi connectivity index (χ4v) is 3.73. The number of phenols is 1. The summed E-state index contributed by atoms with van der Waals surface area (Å²) < 4.78 is 0. The minimum atomic E-state index is -0.0811. The van der Waals surface area contributed by atoms with Crippen LogP contribution in [0.4, 0.5) is 0 Å². The zero-order chi connectivity index (χ0) is 23.8. The molecule has 0 amide bonds. The Morgan fingerprint density at radius 2 is 1.24 bits per heavy atom. The Bertz CT molecular complexity index is 1290. The summed E-state index contributed by atoms with van der Waals surface area (Å²) in [6, 6.07) is 25.4. The van der Waals surface area contributed by atoms with Crippen molar-refractivity contribution in [3.05, 3.63) is 90.1 Å². The number of rotatable bonds is 3. The van der Waals surface area contributed by atoms with Gasteiger partial charge in [0, 0.05) is 44.2 Å². The minimum absolute atomic E-state index is 0. The summed E-state index contributed by atoms with van der Waals surface area (Å²) >= 11 is 0. The fraction of sp³-hybridized carbons (Fsp3) is 0.267. The van der Waals surface area contributed by atoms with Gasteiger partial charge < -0.3 is 5.11 Å². The number of phenolic OH excluding ortho intramolecular Hbond substituents is 1. The molecule has 2 aromatic carbocycles. The van der Waals surface area contributed by atoms with Crippen LogP contribution in [0.25, 0.3) is 33.8 Å². The zero-order valence-electron chi connectivity index (χ0n) is 20.6. The van der Waals surface area contributed by atoms with Crippen LogP contribution >= 0.6 is 0 Å². The van der Waals surface area contributed by atoms with E-state index in [1.807, 2.05) is 36.4 Å². The molecular weight excluding hydrogens is 599 g/mol. The molecule has 3 nitrogen and oxygen atoms in total. The average Bonchev–Trinajstić information content (AvgIpc) is 2.78. The summed E-state index contributed by atoms with van der Waals surface area (Å²) in [6.07, 6.45) is 1.81. The van der Waals surface area contributed by atoms with Crippen molar-refractivity contribution in [3.8, 4) is 39.5 Å². The van der Waals surface area contributed by atoms with Gasteiger partial charge in [-0.05, 0) is 40.7 Å². The van der Waals surface area contributed by atoms with Crippen LogP contribution in [0, 0.1) is 6.07 Å². The number of pyridine rings is 2. The van der Waals surface area contributed by atoms with Gasteiger partial charge in [0.15, 0.2) is 0 Å². The van der Waals surface area contributed by atoms with Crippen LogP contribution in [0.5, 0.6) is 5.75 Å². The molecule has 0 aliphatic heterocycles. The van der Waals surface area contributed by atoms with Crippen LogP contribution < -0.4 is 0 Å². The van der Waals surface area contributed by atoms with E-state index in [1.54, 1.807) is 12.3 Å². The molecule has 0 spiro atoms. The Hall–Kier alpha value is -2.77. The van der Waals surface area contributed by atoms with E-state index >= 15 is 0 Å². The molecular formula is C30H31N2OPt-. The second kappa shape index (κ2) is 9.84. The molecule has 2 aromatic heterocycles. The molecule has 0 bridgehead atoms. The first-order valence-electron chi connectivity index (χ1n) is 11.3. The number of aromatic nitrogens is 2. The van der Waals surface area contributed by atoms with Crippen LogP contribution in [0.3, 0.4) is 0 Å². The third-order valence-electron chi connectivity index (χ3n) is 5.82. The van der Waals surface area contributed by atoms with Crippen molar-refractivity contribution in [1.82, 2.24) is 9.97 Å². The second-order valence-electron chi connectivity index (χ2n) is 10.6. The van der Waals surface area contributed by atoms with Gasteiger partial charge in [0.25, 0.3) is 0 Å². The number of hydrogen-bond acceptors (Lipinski definition) is 3.